The highest BCUT2D eigenvalue weighted by Gasteiger charge is 2.19. The molecule has 0 fully saturated rings. The van der Waals surface area contributed by atoms with E-state index in [2.05, 4.69) is 10.6 Å². The molecule has 11 nitrogen and oxygen atoms in total. The predicted octanol–water partition coefficient (Wildman–Crippen LogP) is 2.32. The number of hydrogen-bond donors (Lipinski definition) is 3. The molecule has 1 atom stereocenters. The smallest absolute Gasteiger partial charge is 0.332 e. The first-order valence-corrected chi connectivity index (χ1v) is 12.5. The van der Waals surface area contributed by atoms with Gasteiger partial charge >= 0.3 is 5.69 Å². The summed E-state index contributed by atoms with van der Waals surface area (Å²) in [4.78, 5) is 52.3. The molecule has 0 aliphatic heterocycles. The van der Waals surface area contributed by atoms with Crippen molar-refractivity contribution in [2.45, 2.75) is 19.2 Å². The Balaban J connectivity index is 1.59. The number of nitrogens with zero attached hydrogens (tertiary/aromatic N) is 2. The highest BCUT2D eigenvalue weighted by molar-refractivity contribution is 6.32. The number of benzene rings is 3. The third kappa shape index (κ3) is 6.16. The van der Waals surface area contributed by atoms with E-state index in [0.29, 0.717) is 11.3 Å². The first-order chi connectivity index (χ1) is 19.2. The fourth-order valence-electron chi connectivity index (χ4n) is 4.16. The summed E-state index contributed by atoms with van der Waals surface area (Å²) in [5, 5.41) is 15.9. The van der Waals surface area contributed by atoms with E-state index in [1.165, 1.54) is 38.5 Å². The average molecular weight is 567 g/mol. The van der Waals surface area contributed by atoms with Crippen molar-refractivity contribution in [2.75, 3.05) is 26.1 Å². The van der Waals surface area contributed by atoms with Crippen LogP contribution in [0.5, 0.6) is 11.5 Å². The largest absolute Gasteiger partial charge is 0.495 e. The summed E-state index contributed by atoms with van der Waals surface area (Å²) in [5.41, 5.74) is -0.449. The van der Waals surface area contributed by atoms with Gasteiger partial charge in [-0.1, -0.05) is 54.1 Å². The van der Waals surface area contributed by atoms with Gasteiger partial charge in [0.25, 0.3) is 5.56 Å². The summed E-state index contributed by atoms with van der Waals surface area (Å²) in [6.45, 7) is -1.19. The molecule has 208 valence electrons. The molecule has 0 radical (unpaired) electrons. The summed E-state index contributed by atoms with van der Waals surface area (Å²) in [5.74, 6) is -0.628. The Morgan fingerprint density at radius 3 is 2.25 bits per heavy atom. The Bertz CT molecular complexity index is 1670. The van der Waals surface area contributed by atoms with E-state index in [4.69, 9.17) is 21.1 Å². The molecule has 0 bridgehead atoms. The number of anilines is 1. The number of amides is 2. The number of aliphatic hydroxyl groups is 1. The maximum absolute atomic E-state index is 13.4. The molecular formula is C28H27ClN4O7. The minimum atomic E-state index is -0.970. The van der Waals surface area contributed by atoms with Gasteiger partial charge in [-0.2, -0.15) is 0 Å². The number of rotatable bonds is 10. The summed E-state index contributed by atoms with van der Waals surface area (Å²) in [6.07, 6.45) is -0.970. The lowest BCUT2D eigenvalue weighted by Gasteiger charge is -2.16. The molecule has 0 aliphatic rings. The maximum atomic E-state index is 13.4. The highest BCUT2D eigenvalue weighted by atomic mass is 35.5. The minimum Gasteiger partial charge on any atom is -0.495 e. The SMILES string of the molecule is COc1cc(OC)c(NC(=O)Cn2c(=O)n(CC(=O)NC[C@@H](O)c3ccccc3)c(=O)c3ccccc32)cc1Cl. The number of aliphatic hydroxyl groups excluding tert-OH is 1. The van der Waals surface area contributed by atoms with Crippen LogP contribution in [0.25, 0.3) is 10.9 Å². The molecule has 4 rings (SSSR count). The molecular weight excluding hydrogens is 540 g/mol. The lowest BCUT2D eigenvalue weighted by atomic mass is 10.1. The molecule has 12 heteroatoms. The molecule has 0 unspecified atom stereocenters. The zero-order chi connectivity index (χ0) is 28.8. The summed E-state index contributed by atoms with van der Waals surface area (Å²) in [7, 11) is 2.85. The van der Waals surface area contributed by atoms with Crippen LogP contribution in [0.1, 0.15) is 11.7 Å². The fraction of sp³-hybridized carbons (Fsp3) is 0.214. The Morgan fingerprint density at radius 1 is 0.900 bits per heavy atom. The van der Waals surface area contributed by atoms with Gasteiger partial charge in [0, 0.05) is 12.6 Å². The van der Waals surface area contributed by atoms with Crippen LogP contribution >= 0.6 is 11.6 Å². The van der Waals surface area contributed by atoms with Gasteiger partial charge in [-0.15, -0.1) is 0 Å². The number of hydrogen-bond acceptors (Lipinski definition) is 7. The second-order valence-electron chi connectivity index (χ2n) is 8.74. The van der Waals surface area contributed by atoms with Crippen LogP contribution in [0.3, 0.4) is 0 Å². The van der Waals surface area contributed by atoms with Crippen LogP contribution in [0.2, 0.25) is 5.02 Å². The van der Waals surface area contributed by atoms with Crippen molar-refractivity contribution >= 4 is 40.0 Å². The first-order valence-electron chi connectivity index (χ1n) is 12.2. The van der Waals surface area contributed by atoms with Crippen molar-refractivity contribution in [3.8, 4) is 11.5 Å². The summed E-state index contributed by atoms with van der Waals surface area (Å²) in [6, 6.07) is 18.0. The van der Waals surface area contributed by atoms with Crippen molar-refractivity contribution < 1.29 is 24.2 Å². The number of fused-ring (bicyclic) bond motifs is 1. The van der Waals surface area contributed by atoms with E-state index < -0.39 is 42.3 Å². The minimum absolute atomic E-state index is 0.117. The van der Waals surface area contributed by atoms with E-state index >= 15 is 0 Å². The summed E-state index contributed by atoms with van der Waals surface area (Å²) >= 11 is 6.19. The van der Waals surface area contributed by atoms with Gasteiger partial charge in [-0.3, -0.25) is 23.5 Å². The zero-order valence-electron chi connectivity index (χ0n) is 21.7. The van der Waals surface area contributed by atoms with E-state index in [9.17, 15) is 24.3 Å². The quantitative estimate of drug-likeness (QED) is 0.267. The number of carbonyl (C=O) groups excluding carboxylic acids is 2. The average Bonchev–Trinajstić information content (AvgIpc) is 2.96. The molecule has 2 amide bonds. The number of nitrogens with one attached hydrogen (secondary N) is 2. The van der Waals surface area contributed by atoms with Crippen LogP contribution in [0.15, 0.2) is 76.3 Å². The third-order valence-corrected chi connectivity index (χ3v) is 6.46. The van der Waals surface area contributed by atoms with Gasteiger partial charge in [0.1, 0.15) is 24.6 Å². The Morgan fingerprint density at radius 2 is 1.55 bits per heavy atom. The molecule has 3 aromatic carbocycles. The number of aromatic nitrogens is 2. The maximum Gasteiger partial charge on any atom is 0.332 e. The fourth-order valence-corrected chi connectivity index (χ4v) is 4.40. The van der Waals surface area contributed by atoms with E-state index in [0.717, 1.165) is 9.13 Å². The molecule has 0 saturated heterocycles. The molecule has 0 aliphatic carbocycles. The lowest BCUT2D eigenvalue weighted by Crippen LogP contribution is -2.45. The molecule has 1 heterocycles. The number of methoxy groups -OCH3 is 2. The topological polar surface area (TPSA) is 141 Å². The molecule has 40 heavy (non-hydrogen) atoms. The normalized spacial score (nSPS) is 11.6. The van der Waals surface area contributed by atoms with Gasteiger partial charge in [0.2, 0.25) is 11.8 Å². The number of carbonyl (C=O) groups is 2. The molecule has 1 aromatic heterocycles. The van der Waals surface area contributed by atoms with Crippen molar-refractivity contribution in [3.63, 3.8) is 0 Å². The van der Waals surface area contributed by atoms with E-state index in [-0.39, 0.29) is 33.9 Å². The van der Waals surface area contributed by atoms with Crippen LogP contribution in [0, 0.1) is 0 Å². The van der Waals surface area contributed by atoms with Crippen LogP contribution < -0.4 is 31.4 Å². The number of ether oxygens (including phenoxy) is 2. The molecule has 3 N–H and O–H groups in total. The van der Waals surface area contributed by atoms with E-state index in [1.807, 2.05) is 0 Å². The predicted molar refractivity (Wildman–Crippen MR) is 150 cm³/mol. The van der Waals surface area contributed by atoms with Crippen LogP contribution in [-0.2, 0) is 22.7 Å². The molecule has 4 aromatic rings. The zero-order valence-corrected chi connectivity index (χ0v) is 22.5. The van der Waals surface area contributed by atoms with E-state index in [1.54, 1.807) is 42.5 Å². The van der Waals surface area contributed by atoms with Gasteiger partial charge in [-0.05, 0) is 23.8 Å². The van der Waals surface area contributed by atoms with Gasteiger partial charge in [0.05, 0.1) is 41.9 Å². The lowest BCUT2D eigenvalue weighted by molar-refractivity contribution is -0.122. The van der Waals surface area contributed by atoms with Gasteiger partial charge < -0.3 is 25.2 Å². The van der Waals surface area contributed by atoms with Crippen molar-refractivity contribution in [1.29, 1.82) is 0 Å². The van der Waals surface area contributed by atoms with Crippen molar-refractivity contribution in [3.05, 3.63) is 98.2 Å². The van der Waals surface area contributed by atoms with Gasteiger partial charge in [0.15, 0.2) is 0 Å². The molecule has 0 spiro atoms. The van der Waals surface area contributed by atoms with Crippen LogP contribution in [0.4, 0.5) is 5.69 Å². The van der Waals surface area contributed by atoms with Crippen molar-refractivity contribution in [1.82, 2.24) is 14.5 Å². The monoisotopic (exact) mass is 566 g/mol. The second-order valence-corrected chi connectivity index (χ2v) is 9.15. The number of halogens is 1. The van der Waals surface area contributed by atoms with Crippen LogP contribution in [-0.4, -0.2) is 46.8 Å². The Hall–Kier alpha value is -4.61. The standard InChI is InChI=1S/C28H27ClN4O7/c1-39-23-13-24(40-2)20(12-19(23)29)31-26(36)16-32-21-11-7-6-10-18(21)27(37)33(28(32)38)15-25(35)30-14-22(34)17-8-4-3-5-9-17/h3-13,22,34H,14-16H2,1-2H3,(H,30,35)(H,31,36)/t22-/m1/s1. The first kappa shape index (κ1) is 28.4. The third-order valence-electron chi connectivity index (χ3n) is 6.16. The number of para-hydroxylation sites is 1. The van der Waals surface area contributed by atoms with Gasteiger partial charge in [-0.25, -0.2) is 4.79 Å². The summed E-state index contributed by atoms with van der Waals surface area (Å²) < 4.78 is 12.3. The second kappa shape index (κ2) is 12.5. The Labute approximate surface area is 233 Å². The Kier molecular flexibility index (Phi) is 8.87. The highest BCUT2D eigenvalue weighted by Crippen LogP contribution is 2.35. The van der Waals surface area contributed by atoms with Crippen molar-refractivity contribution in [2.24, 2.45) is 0 Å². The molecule has 0 saturated carbocycles.